The van der Waals surface area contributed by atoms with Gasteiger partial charge in [0.1, 0.15) is 0 Å². The van der Waals surface area contributed by atoms with Crippen molar-refractivity contribution in [1.82, 2.24) is 14.9 Å². The Morgan fingerprint density at radius 1 is 1.47 bits per heavy atom. The van der Waals surface area contributed by atoms with Crippen LogP contribution in [0.25, 0.3) is 0 Å². The summed E-state index contributed by atoms with van der Waals surface area (Å²) in [6, 6.07) is 0.712. The average Bonchev–Trinajstić information content (AvgIpc) is 2.44. The highest BCUT2D eigenvalue weighted by Gasteiger charge is 2.21. The molecule has 1 fully saturated rings. The molecule has 84 valence electrons. The quantitative estimate of drug-likeness (QED) is 0.825. The molecule has 0 radical (unpaired) electrons. The lowest BCUT2D eigenvalue weighted by Crippen LogP contribution is -2.36. The number of imidazole rings is 1. The van der Waals surface area contributed by atoms with E-state index in [0.29, 0.717) is 6.04 Å². The standard InChI is InChI=1S/C12H21N3/c1-12(2,3)14-8-11-7-13-9-15(11)10-5-4-6-10/h7,9-10,14H,4-6,8H2,1-3H3. The molecule has 0 aromatic carbocycles. The molecule has 0 bridgehead atoms. The van der Waals surface area contributed by atoms with Crippen LogP contribution in [0, 0.1) is 0 Å². The molecule has 0 atom stereocenters. The Morgan fingerprint density at radius 2 is 2.20 bits per heavy atom. The van der Waals surface area contributed by atoms with Crippen LogP contribution in [-0.2, 0) is 6.54 Å². The van der Waals surface area contributed by atoms with Crippen LogP contribution in [0.5, 0.6) is 0 Å². The van der Waals surface area contributed by atoms with Gasteiger partial charge < -0.3 is 9.88 Å². The second-order valence-electron chi connectivity index (χ2n) is 5.48. The highest BCUT2D eigenvalue weighted by atomic mass is 15.1. The SMILES string of the molecule is CC(C)(C)NCc1cncn1C1CCC1. The van der Waals surface area contributed by atoms with E-state index < -0.39 is 0 Å². The number of hydrogen-bond donors (Lipinski definition) is 1. The largest absolute Gasteiger partial charge is 0.330 e. The van der Waals surface area contributed by atoms with Gasteiger partial charge in [-0.25, -0.2) is 4.98 Å². The molecule has 1 aliphatic rings. The molecule has 0 amide bonds. The molecule has 2 rings (SSSR count). The molecule has 1 aromatic heterocycles. The molecule has 1 saturated carbocycles. The van der Waals surface area contributed by atoms with Crippen LogP contribution in [0.2, 0.25) is 0 Å². The van der Waals surface area contributed by atoms with Crippen molar-refractivity contribution in [1.29, 1.82) is 0 Å². The van der Waals surface area contributed by atoms with Gasteiger partial charge in [-0.1, -0.05) is 0 Å². The number of hydrogen-bond acceptors (Lipinski definition) is 2. The number of rotatable bonds is 3. The van der Waals surface area contributed by atoms with Gasteiger partial charge in [0, 0.05) is 24.3 Å². The minimum absolute atomic E-state index is 0.175. The van der Waals surface area contributed by atoms with E-state index in [9.17, 15) is 0 Å². The fourth-order valence-corrected chi connectivity index (χ4v) is 1.82. The molecule has 0 spiro atoms. The van der Waals surface area contributed by atoms with Crippen LogP contribution in [0.3, 0.4) is 0 Å². The predicted octanol–water partition coefficient (Wildman–Crippen LogP) is 2.50. The predicted molar refractivity (Wildman–Crippen MR) is 61.7 cm³/mol. The van der Waals surface area contributed by atoms with E-state index in [0.717, 1.165) is 6.54 Å². The molecular weight excluding hydrogens is 186 g/mol. The lowest BCUT2D eigenvalue weighted by molar-refractivity contribution is 0.301. The normalized spacial score (nSPS) is 17.8. The zero-order valence-electron chi connectivity index (χ0n) is 9.95. The van der Waals surface area contributed by atoms with Crippen molar-refractivity contribution in [2.45, 2.75) is 58.2 Å². The Kier molecular flexibility index (Phi) is 2.83. The van der Waals surface area contributed by atoms with Crippen molar-refractivity contribution >= 4 is 0 Å². The van der Waals surface area contributed by atoms with Gasteiger partial charge in [-0.05, 0) is 40.0 Å². The highest BCUT2D eigenvalue weighted by molar-refractivity contribution is 5.02. The molecule has 1 aliphatic carbocycles. The Hall–Kier alpha value is -0.830. The number of aromatic nitrogens is 2. The van der Waals surface area contributed by atoms with Gasteiger partial charge in [0.25, 0.3) is 0 Å². The molecule has 1 heterocycles. The third-order valence-corrected chi connectivity index (χ3v) is 3.01. The third-order valence-electron chi connectivity index (χ3n) is 3.01. The van der Waals surface area contributed by atoms with Gasteiger partial charge in [-0.3, -0.25) is 0 Å². The summed E-state index contributed by atoms with van der Waals surface area (Å²) in [5, 5.41) is 3.51. The molecule has 1 N–H and O–H groups in total. The summed E-state index contributed by atoms with van der Waals surface area (Å²) < 4.78 is 2.34. The molecule has 0 aliphatic heterocycles. The van der Waals surface area contributed by atoms with Crippen molar-refractivity contribution in [3.8, 4) is 0 Å². The zero-order chi connectivity index (χ0) is 10.9. The Bertz CT molecular complexity index is 318. The van der Waals surface area contributed by atoms with Crippen LogP contribution in [0.1, 0.15) is 51.8 Å². The van der Waals surface area contributed by atoms with E-state index >= 15 is 0 Å². The first-order valence-electron chi connectivity index (χ1n) is 5.82. The first-order chi connectivity index (χ1) is 7.06. The van der Waals surface area contributed by atoms with Crippen LogP contribution in [0.15, 0.2) is 12.5 Å². The summed E-state index contributed by atoms with van der Waals surface area (Å²) >= 11 is 0. The Morgan fingerprint density at radius 3 is 2.73 bits per heavy atom. The number of nitrogens with zero attached hydrogens (tertiary/aromatic N) is 2. The number of nitrogens with one attached hydrogen (secondary N) is 1. The van der Waals surface area contributed by atoms with E-state index in [-0.39, 0.29) is 5.54 Å². The minimum atomic E-state index is 0.175. The monoisotopic (exact) mass is 207 g/mol. The molecule has 15 heavy (non-hydrogen) atoms. The van der Waals surface area contributed by atoms with Crippen molar-refractivity contribution in [2.24, 2.45) is 0 Å². The molecule has 3 nitrogen and oxygen atoms in total. The molecule has 3 heteroatoms. The van der Waals surface area contributed by atoms with Crippen LogP contribution in [-0.4, -0.2) is 15.1 Å². The molecular formula is C12H21N3. The van der Waals surface area contributed by atoms with Crippen molar-refractivity contribution < 1.29 is 0 Å². The van der Waals surface area contributed by atoms with E-state index in [1.54, 1.807) is 0 Å². The molecule has 0 saturated heterocycles. The fraction of sp³-hybridized carbons (Fsp3) is 0.750. The summed E-state index contributed by atoms with van der Waals surface area (Å²) in [6.45, 7) is 7.49. The third kappa shape index (κ3) is 2.59. The topological polar surface area (TPSA) is 29.9 Å². The zero-order valence-corrected chi connectivity index (χ0v) is 9.95. The lowest BCUT2D eigenvalue weighted by atomic mass is 9.93. The summed E-state index contributed by atoms with van der Waals surface area (Å²) in [6.07, 6.45) is 7.97. The van der Waals surface area contributed by atoms with Gasteiger partial charge in [0.05, 0.1) is 12.0 Å². The van der Waals surface area contributed by atoms with Gasteiger partial charge in [0.15, 0.2) is 0 Å². The summed E-state index contributed by atoms with van der Waals surface area (Å²) in [5.41, 5.74) is 1.49. The highest BCUT2D eigenvalue weighted by Crippen LogP contribution is 2.32. The van der Waals surface area contributed by atoms with Gasteiger partial charge >= 0.3 is 0 Å². The van der Waals surface area contributed by atoms with E-state index in [2.05, 4.69) is 35.6 Å². The molecule has 0 unspecified atom stereocenters. The van der Waals surface area contributed by atoms with Gasteiger partial charge in [0.2, 0.25) is 0 Å². The van der Waals surface area contributed by atoms with Gasteiger partial charge in [-0.2, -0.15) is 0 Å². The average molecular weight is 207 g/mol. The van der Waals surface area contributed by atoms with Crippen molar-refractivity contribution in [2.75, 3.05) is 0 Å². The van der Waals surface area contributed by atoms with Gasteiger partial charge in [-0.15, -0.1) is 0 Å². The van der Waals surface area contributed by atoms with Crippen molar-refractivity contribution in [3.63, 3.8) is 0 Å². The maximum Gasteiger partial charge on any atom is 0.0951 e. The summed E-state index contributed by atoms with van der Waals surface area (Å²) in [5.74, 6) is 0. The van der Waals surface area contributed by atoms with E-state index in [1.165, 1.54) is 25.0 Å². The second-order valence-corrected chi connectivity index (χ2v) is 5.48. The summed E-state index contributed by atoms with van der Waals surface area (Å²) in [7, 11) is 0. The van der Waals surface area contributed by atoms with Crippen LogP contribution in [0.4, 0.5) is 0 Å². The Labute approximate surface area is 91.9 Å². The van der Waals surface area contributed by atoms with Crippen molar-refractivity contribution in [3.05, 3.63) is 18.2 Å². The minimum Gasteiger partial charge on any atom is -0.330 e. The lowest BCUT2D eigenvalue weighted by Gasteiger charge is -2.29. The molecule has 1 aromatic rings. The smallest absolute Gasteiger partial charge is 0.0951 e. The first-order valence-corrected chi connectivity index (χ1v) is 5.82. The van der Waals surface area contributed by atoms with Crippen LogP contribution < -0.4 is 5.32 Å². The Balaban J connectivity index is 1.98. The van der Waals surface area contributed by atoms with Crippen LogP contribution >= 0.6 is 0 Å². The maximum absolute atomic E-state index is 4.25. The first kappa shape index (κ1) is 10.7. The summed E-state index contributed by atoms with van der Waals surface area (Å²) in [4.78, 5) is 4.25. The second kappa shape index (κ2) is 3.97. The van der Waals surface area contributed by atoms with E-state index in [4.69, 9.17) is 0 Å². The van der Waals surface area contributed by atoms with E-state index in [1.807, 2.05) is 12.5 Å². The maximum atomic E-state index is 4.25. The fourth-order valence-electron chi connectivity index (χ4n) is 1.82.